The predicted octanol–water partition coefficient (Wildman–Crippen LogP) is 7.27. The maximum absolute atomic E-state index is 7.54. The zero-order valence-corrected chi connectivity index (χ0v) is 21.7. The van der Waals surface area contributed by atoms with E-state index in [2.05, 4.69) is 57.2 Å². The van der Waals surface area contributed by atoms with Crippen LogP contribution in [0.1, 0.15) is 16.7 Å². The summed E-state index contributed by atoms with van der Waals surface area (Å²) in [6.45, 7) is 6.26. The fourth-order valence-electron chi connectivity index (χ4n) is 4.35. The molecular weight excluding hydrogens is 495 g/mol. The Morgan fingerprint density at radius 2 is 0.833 bits per heavy atom. The highest BCUT2D eigenvalue weighted by Crippen LogP contribution is 2.70. The first kappa shape index (κ1) is 24.3. The van der Waals surface area contributed by atoms with E-state index in [9.17, 15) is 0 Å². The van der Waals surface area contributed by atoms with Gasteiger partial charge >= 0.3 is 5.28 Å². The van der Waals surface area contributed by atoms with Crippen molar-refractivity contribution in [2.24, 2.45) is 0 Å². The van der Waals surface area contributed by atoms with Gasteiger partial charge in [-0.25, -0.2) is 0 Å². The average Bonchev–Trinajstić information content (AvgIpc) is 2.71. The first-order valence-corrected chi connectivity index (χ1v) is 13.7. The fraction of sp³-hybridized carbons (Fsp3) is 0.217. The van der Waals surface area contributed by atoms with Crippen LogP contribution < -0.4 is 15.9 Å². The normalized spacial score (nSPS) is 12.6. The van der Waals surface area contributed by atoms with Gasteiger partial charge in [0, 0.05) is 9.47 Å². The van der Waals surface area contributed by atoms with E-state index < -0.39 is 21.9 Å². The number of alkyl halides is 4. The van der Waals surface area contributed by atoms with Crippen molar-refractivity contribution in [1.82, 2.24) is 0 Å². The van der Waals surface area contributed by atoms with Gasteiger partial charge in [-0.05, 0) is 62.8 Å². The maximum atomic E-state index is 7.54. The largest absolute Gasteiger partial charge is 0.331 e. The van der Waals surface area contributed by atoms with Crippen molar-refractivity contribution in [3.8, 4) is 0 Å². The number of aryl methyl sites for hydroxylation is 3. The van der Waals surface area contributed by atoms with Crippen LogP contribution in [0.2, 0.25) is 0 Å². The SMILES string of the molecule is Cc1ccccc1[P+](c1ccccc1C)(c1ccccc1C)[B-](Cl)(C(Cl)Cl)C(Cl)Cl. The molecule has 0 aliphatic rings. The summed E-state index contributed by atoms with van der Waals surface area (Å²) in [5.74, 6) is 0. The van der Waals surface area contributed by atoms with Crippen LogP contribution >= 0.6 is 65.0 Å². The molecule has 0 saturated heterocycles. The van der Waals surface area contributed by atoms with Crippen molar-refractivity contribution in [1.29, 1.82) is 0 Å². The molecule has 7 heteroatoms. The van der Waals surface area contributed by atoms with Gasteiger partial charge in [0.15, 0.2) is 0 Å². The number of hydrogen-bond acceptors (Lipinski definition) is 0. The molecule has 0 spiro atoms. The standard InChI is InChI=1S/C23H23BCl5P/c1-16-10-4-7-13-19(16)30(20-14-8-5-11-17(20)2,21-15-9-6-12-18(21)3)24(29,22(25)26)23(27)28/h4-15,22-23H,1-3H3. The molecule has 0 saturated carbocycles. The third kappa shape index (κ3) is 3.81. The van der Waals surface area contributed by atoms with E-state index in [-0.39, 0.29) is 0 Å². The van der Waals surface area contributed by atoms with Crippen molar-refractivity contribution >= 4 is 86.2 Å². The van der Waals surface area contributed by atoms with Crippen molar-refractivity contribution in [3.05, 3.63) is 89.5 Å². The molecule has 3 aromatic carbocycles. The minimum atomic E-state index is -2.70. The van der Waals surface area contributed by atoms with E-state index in [1.165, 1.54) is 0 Å². The number of rotatable bonds is 6. The molecule has 0 fully saturated rings. The lowest BCUT2D eigenvalue weighted by Crippen LogP contribution is -2.57. The van der Waals surface area contributed by atoms with Gasteiger partial charge in [0.1, 0.15) is 0 Å². The van der Waals surface area contributed by atoms with Gasteiger partial charge in [0.25, 0.3) is 0 Å². The topological polar surface area (TPSA) is 0 Å². The summed E-state index contributed by atoms with van der Waals surface area (Å²) in [5.41, 5.74) is 3.31. The minimum absolute atomic E-state index is 0.959. The molecule has 0 nitrogen and oxygen atoms in total. The molecule has 3 aromatic rings. The van der Waals surface area contributed by atoms with Crippen molar-refractivity contribution in [3.63, 3.8) is 0 Å². The Balaban J connectivity index is 2.66. The Morgan fingerprint density at radius 1 is 0.567 bits per heavy atom. The molecule has 3 rings (SSSR count). The Hall–Kier alpha value is -0.395. The molecule has 0 bridgehead atoms. The van der Waals surface area contributed by atoms with Gasteiger partial charge in [-0.15, -0.1) is 46.4 Å². The maximum Gasteiger partial charge on any atom is 0.322 e. The molecule has 158 valence electrons. The van der Waals surface area contributed by atoms with Gasteiger partial charge in [-0.2, -0.15) is 0 Å². The highest BCUT2D eigenvalue weighted by Gasteiger charge is 2.64. The molecule has 0 aliphatic heterocycles. The van der Waals surface area contributed by atoms with Crippen LogP contribution in [-0.2, 0) is 0 Å². The highest BCUT2D eigenvalue weighted by molar-refractivity contribution is 8.28. The Bertz CT molecular complexity index is 918. The van der Waals surface area contributed by atoms with Crippen LogP contribution in [0.3, 0.4) is 0 Å². The number of halogens is 5. The predicted molar refractivity (Wildman–Crippen MR) is 142 cm³/mol. The molecule has 0 aromatic heterocycles. The van der Waals surface area contributed by atoms with Gasteiger partial charge in [0.2, 0.25) is 0 Å². The van der Waals surface area contributed by atoms with Crippen LogP contribution in [0.15, 0.2) is 72.8 Å². The second-order valence-corrected chi connectivity index (χ2v) is 14.7. The van der Waals surface area contributed by atoms with Crippen LogP contribution in [0.5, 0.6) is 0 Å². The molecule has 0 heterocycles. The third-order valence-electron chi connectivity index (χ3n) is 5.79. The number of hydrogen-bond donors (Lipinski definition) is 0. The molecule has 0 radical (unpaired) electrons. The van der Waals surface area contributed by atoms with Crippen LogP contribution in [0.4, 0.5) is 0 Å². The second kappa shape index (κ2) is 9.62. The smallest absolute Gasteiger partial charge is 0.322 e. The summed E-state index contributed by atoms with van der Waals surface area (Å²) in [6, 6.07) is 24.7. The van der Waals surface area contributed by atoms with Gasteiger partial charge in [-0.1, -0.05) is 54.6 Å². The zero-order valence-electron chi connectivity index (χ0n) is 17.0. The molecule has 0 unspecified atom stereocenters. The zero-order chi connectivity index (χ0) is 22.1. The van der Waals surface area contributed by atoms with Crippen LogP contribution in [0, 0.1) is 20.8 Å². The van der Waals surface area contributed by atoms with E-state index >= 15 is 0 Å². The Labute approximate surface area is 205 Å². The summed E-state index contributed by atoms with van der Waals surface area (Å²) in [5, 5.41) is 1.04. The van der Waals surface area contributed by atoms with Crippen molar-refractivity contribution in [2.75, 3.05) is 0 Å². The molecule has 0 aliphatic carbocycles. The van der Waals surface area contributed by atoms with Crippen LogP contribution in [0.25, 0.3) is 0 Å². The van der Waals surface area contributed by atoms with E-state index in [0.717, 1.165) is 32.6 Å². The monoisotopic (exact) mass is 516 g/mol. The quantitative estimate of drug-likeness (QED) is 0.183. The van der Waals surface area contributed by atoms with E-state index in [0.29, 0.717) is 0 Å². The first-order chi connectivity index (χ1) is 14.2. The van der Waals surface area contributed by atoms with E-state index in [1.54, 1.807) is 0 Å². The summed E-state index contributed by atoms with van der Waals surface area (Å²) < 4.78 is -1.92. The molecular formula is C23H23BCl5P. The molecule has 30 heavy (non-hydrogen) atoms. The lowest BCUT2D eigenvalue weighted by atomic mass is 9.79. The summed E-state index contributed by atoms with van der Waals surface area (Å²) in [4.78, 5) is 0. The van der Waals surface area contributed by atoms with E-state index in [1.807, 2.05) is 36.4 Å². The summed E-state index contributed by atoms with van der Waals surface area (Å²) in [7, 11) is -2.70. The first-order valence-electron chi connectivity index (χ1n) is 9.67. The molecule has 0 amide bonds. The Kier molecular flexibility index (Phi) is 7.78. The highest BCUT2D eigenvalue weighted by atomic mass is 35.5. The van der Waals surface area contributed by atoms with Gasteiger partial charge < -0.3 is 11.5 Å². The van der Waals surface area contributed by atoms with Crippen molar-refractivity contribution in [2.45, 2.75) is 30.2 Å². The van der Waals surface area contributed by atoms with Gasteiger partial charge in [0.05, 0.1) is 15.9 Å². The number of benzene rings is 3. The summed E-state index contributed by atoms with van der Waals surface area (Å²) >= 11 is 34.3. The summed E-state index contributed by atoms with van der Waals surface area (Å²) in [6.07, 6.45) is 0. The minimum Gasteiger partial charge on any atom is -0.331 e. The molecule has 0 atom stereocenters. The second-order valence-electron chi connectivity index (χ2n) is 7.59. The van der Waals surface area contributed by atoms with Gasteiger partial charge in [-0.3, -0.25) is 0 Å². The lowest BCUT2D eigenvalue weighted by Gasteiger charge is -2.49. The molecule has 0 N–H and O–H groups in total. The van der Waals surface area contributed by atoms with E-state index in [4.69, 9.17) is 57.9 Å². The average molecular weight is 518 g/mol. The fourth-order valence-corrected chi connectivity index (χ4v) is 13.8. The van der Waals surface area contributed by atoms with Crippen molar-refractivity contribution < 1.29 is 0 Å². The Morgan fingerprint density at radius 3 is 1.07 bits per heavy atom. The third-order valence-corrected chi connectivity index (χ3v) is 15.5. The van der Waals surface area contributed by atoms with Crippen LogP contribution in [-0.4, -0.2) is 14.8 Å². The lowest BCUT2D eigenvalue weighted by molar-refractivity contribution is 1.48.